The van der Waals surface area contributed by atoms with Gasteiger partial charge in [0, 0.05) is 137 Å². The molecule has 606 valence electrons. The van der Waals surface area contributed by atoms with E-state index in [-0.39, 0.29) is 74.8 Å². The van der Waals surface area contributed by atoms with Gasteiger partial charge in [-0.3, -0.25) is 43.3 Å². The van der Waals surface area contributed by atoms with Crippen LogP contribution in [0.4, 0.5) is 61.5 Å². The number of fused-ring (bicyclic) bond motifs is 8. The van der Waals surface area contributed by atoms with Gasteiger partial charge in [0.1, 0.15) is 52.9 Å². The highest BCUT2D eigenvalue weighted by Crippen LogP contribution is 2.70. The Kier molecular flexibility index (Phi) is 21.9. The van der Waals surface area contributed by atoms with Crippen molar-refractivity contribution in [3.05, 3.63) is 246 Å². The summed E-state index contributed by atoms with van der Waals surface area (Å²) in [7, 11) is -3.99. The Morgan fingerprint density at radius 3 is 1.30 bits per heavy atom. The van der Waals surface area contributed by atoms with Gasteiger partial charge in [-0.1, -0.05) is 65.1 Å². The van der Waals surface area contributed by atoms with Gasteiger partial charge >= 0.3 is 12.4 Å². The number of halogens is 17. The molecule has 8 aromatic heterocycles. The minimum absolute atomic E-state index is 0.0480. The molecule has 0 spiro atoms. The molecule has 0 unspecified atom stereocenters. The third-order valence-electron chi connectivity index (χ3n) is 20.5. The lowest BCUT2D eigenvalue weighted by atomic mass is 9.86. The average Bonchev–Trinajstić information content (AvgIpc) is 1.52. The number of sulfone groups is 2. The second kappa shape index (κ2) is 30.8. The van der Waals surface area contributed by atoms with Gasteiger partial charge < -0.3 is 0 Å². The Bertz CT molecular complexity index is 6140. The standard InChI is InChI=1S/C39H30ClF7N6O3S.C34H26Cl2F7N5O3S.C6H7N/c1-52-35-25(6-8-28(40)33(35)31(50-52)18-57(2,55)56)24-7-9-30(29-5-3-4-10-48-29)49-34(24)20(11-19-12-21(41)15-22(42)13-19)14-23(54)17-53-37-32(36(51-53)39(45,46)47)26-16-27(26)38(37,43)44;1-47-30-21(3-5-24(35)28(30)25(45-47)14-52(2,50)51)20-4-6-26(36)44-29(20)16(7-15-8-17(37)11-18(38)9-15)10-19(49)13-48-32-27(31(46-48)34(41,42)43)22-12-23(22)33(32,39)40;1-6-4-2-3-5-7-6/h3-10,12-13,15,20,26-27H,11,14,16-18H2,1-2H3;3-6,8-9,11,16,22-23H,7,10,12-14H2,1-2H3;2-5H,1H3/t20-,26+,27-;16-,22+,23-;/m11./s1. The van der Waals surface area contributed by atoms with Gasteiger partial charge in [-0.25, -0.2) is 39.4 Å². The number of alkyl halides is 10. The molecule has 37 heteroatoms. The van der Waals surface area contributed by atoms with Crippen molar-refractivity contribution < 1.29 is 87.9 Å². The summed E-state index contributed by atoms with van der Waals surface area (Å²) in [5, 5.41) is 16.8. The molecule has 0 radical (unpaired) electrons. The molecule has 116 heavy (non-hydrogen) atoms. The van der Waals surface area contributed by atoms with E-state index >= 15 is 17.6 Å². The molecule has 4 aliphatic carbocycles. The number of Topliss-reactive ketones (excluding diaryl/α,β-unsaturated/α-hetero) is 2. The topological polar surface area (TPSA) is 225 Å². The zero-order valence-electron chi connectivity index (χ0n) is 61.3. The predicted molar refractivity (Wildman–Crippen MR) is 401 cm³/mol. The lowest BCUT2D eigenvalue weighted by molar-refractivity contribution is -0.143. The molecule has 4 aliphatic rings. The normalized spacial score (nSPS) is 17.5. The smallest absolute Gasteiger partial charge is 0.298 e. The number of aryl methyl sites for hydroxylation is 3. The molecule has 16 rings (SSSR count). The molecule has 2 saturated carbocycles. The molecule has 4 aromatic carbocycles. The van der Waals surface area contributed by atoms with Crippen molar-refractivity contribution in [1.29, 1.82) is 0 Å². The largest absolute Gasteiger partial charge is 0.435 e. The summed E-state index contributed by atoms with van der Waals surface area (Å²) >= 11 is 19.5. The van der Waals surface area contributed by atoms with Crippen molar-refractivity contribution in [2.24, 2.45) is 25.9 Å². The molecule has 18 nitrogen and oxygen atoms in total. The third kappa shape index (κ3) is 16.8. The van der Waals surface area contributed by atoms with Gasteiger partial charge in [0.05, 0.1) is 66.7 Å². The molecular formula is C79H63Cl3F14N12O6S2. The molecule has 8 heterocycles. The SMILES string of the molecule is Cc1ccccn1.Cn1nc(CS(C)(=O)=O)c2c(Cl)ccc(-c3ccc(-c4ccccn4)nc3[C@@H](CC(=O)Cn3nc(C(F)(F)F)c4c3C(F)(F)[C@@H]3C[C@H]43)Cc3cc(F)cc(F)c3)c21.Cn1nc(CS(C)(=O)=O)c2c(Cl)ccc(-c3ccc(Cl)nc3[C@@H](CC(=O)Cn3nc(C(F)(F)F)c4c3C(F)(F)[C@@H]3C[C@H]43)Cc3cc(F)cc(F)c3)c21. The van der Waals surface area contributed by atoms with E-state index in [1.807, 2.05) is 25.1 Å². The first-order valence-electron chi connectivity index (χ1n) is 35.6. The number of carbonyl (C=O) groups is 2. The zero-order valence-corrected chi connectivity index (χ0v) is 65.2. The van der Waals surface area contributed by atoms with Gasteiger partial charge in [0.25, 0.3) is 11.8 Å². The minimum atomic E-state index is -5.04. The van der Waals surface area contributed by atoms with Gasteiger partial charge in [-0.05, 0) is 134 Å². The summed E-state index contributed by atoms with van der Waals surface area (Å²) in [5.74, 6) is -20.2. The number of benzene rings is 4. The Balaban J connectivity index is 0.000000177. The lowest BCUT2D eigenvalue weighted by Gasteiger charge is -2.22. The molecule has 12 aromatic rings. The van der Waals surface area contributed by atoms with Gasteiger partial charge in [0.15, 0.2) is 42.6 Å². The number of hydrogen-bond acceptors (Lipinski definition) is 14. The highest BCUT2D eigenvalue weighted by Gasteiger charge is 2.69. The van der Waals surface area contributed by atoms with Crippen LogP contribution in [0.5, 0.6) is 0 Å². The van der Waals surface area contributed by atoms with Crippen molar-refractivity contribution >= 4 is 87.8 Å². The second-order valence-corrected chi connectivity index (χ2v) is 34.8. The maximum atomic E-state index is 15.4. The van der Waals surface area contributed by atoms with Crippen LogP contribution in [0.15, 0.2) is 134 Å². The predicted octanol–water partition coefficient (Wildman–Crippen LogP) is 18.1. The molecule has 0 amide bonds. The van der Waals surface area contributed by atoms with Crippen LogP contribution < -0.4 is 0 Å². The van der Waals surface area contributed by atoms with Crippen molar-refractivity contribution in [1.82, 2.24) is 59.1 Å². The van der Waals surface area contributed by atoms with E-state index in [9.17, 15) is 70.3 Å². The summed E-state index contributed by atoms with van der Waals surface area (Å²) in [6, 6.07) is 29.0. The average molecular weight is 1710 g/mol. The molecule has 0 bridgehead atoms. The summed E-state index contributed by atoms with van der Waals surface area (Å²) in [5.41, 5.74) is -1.03. The van der Waals surface area contributed by atoms with E-state index in [0.717, 1.165) is 42.5 Å². The first-order chi connectivity index (χ1) is 54.4. The third-order valence-corrected chi connectivity index (χ3v) is 23.0. The van der Waals surface area contributed by atoms with Crippen LogP contribution in [0.1, 0.15) is 123 Å². The van der Waals surface area contributed by atoms with Crippen molar-refractivity contribution in [3.63, 3.8) is 0 Å². The van der Waals surface area contributed by atoms with Gasteiger partial charge in [-0.15, -0.1) is 0 Å². The molecular weight excluding hydrogens is 1650 g/mol. The van der Waals surface area contributed by atoms with E-state index in [1.165, 1.54) is 33.8 Å². The van der Waals surface area contributed by atoms with E-state index in [0.29, 0.717) is 76.9 Å². The fourth-order valence-electron chi connectivity index (χ4n) is 15.9. The lowest BCUT2D eigenvalue weighted by Crippen LogP contribution is -2.24. The van der Waals surface area contributed by atoms with Gasteiger partial charge in [-0.2, -0.15) is 64.3 Å². The van der Waals surface area contributed by atoms with E-state index < -0.39 is 186 Å². The Labute approximate surface area is 666 Å². The monoisotopic (exact) mass is 1710 g/mol. The van der Waals surface area contributed by atoms with Crippen molar-refractivity contribution in [2.75, 3.05) is 12.5 Å². The van der Waals surface area contributed by atoms with Crippen molar-refractivity contribution in [2.45, 2.75) is 118 Å². The quantitative estimate of drug-likeness (QED) is 0.0482. The summed E-state index contributed by atoms with van der Waals surface area (Å²) in [6.07, 6.45) is -6.50. The first kappa shape index (κ1) is 82.5. The van der Waals surface area contributed by atoms with Crippen LogP contribution in [0, 0.1) is 42.0 Å². The molecule has 0 saturated heterocycles. The minimum Gasteiger partial charge on any atom is -0.298 e. The van der Waals surface area contributed by atoms with E-state index in [4.69, 9.17) is 39.8 Å². The molecule has 0 N–H and O–H groups in total. The summed E-state index contributed by atoms with van der Waals surface area (Å²) in [4.78, 5) is 45.6. The number of pyridine rings is 4. The summed E-state index contributed by atoms with van der Waals surface area (Å²) in [6.45, 7) is 0.0810. The molecule has 0 aliphatic heterocycles. The maximum Gasteiger partial charge on any atom is 0.435 e. The van der Waals surface area contributed by atoms with Gasteiger partial charge in [0.2, 0.25) is 0 Å². The number of carbonyl (C=O) groups excluding carboxylic acids is 2. The zero-order chi connectivity index (χ0) is 83.5. The molecule has 2 fully saturated rings. The van der Waals surface area contributed by atoms with Crippen LogP contribution in [0.3, 0.4) is 0 Å². The van der Waals surface area contributed by atoms with Crippen LogP contribution >= 0.6 is 34.8 Å². The number of aromatic nitrogens is 12. The fraction of sp³-hybridized carbons (Fsp3) is 0.316. The summed E-state index contributed by atoms with van der Waals surface area (Å²) < 4.78 is 256. The highest BCUT2D eigenvalue weighted by atomic mass is 35.5. The van der Waals surface area contributed by atoms with Crippen LogP contribution in [-0.2, 0) is 105 Å². The van der Waals surface area contributed by atoms with Crippen LogP contribution in [0.2, 0.25) is 15.2 Å². The Morgan fingerprint density at radius 1 is 0.517 bits per heavy atom. The van der Waals surface area contributed by atoms with E-state index in [1.54, 1.807) is 68.8 Å². The first-order valence-corrected chi connectivity index (χ1v) is 40.8. The van der Waals surface area contributed by atoms with E-state index in [2.05, 4.69) is 35.3 Å². The number of rotatable bonds is 21. The maximum absolute atomic E-state index is 15.4. The second-order valence-electron chi connectivity index (χ2n) is 29.3. The fourth-order valence-corrected chi connectivity index (χ4v) is 18.0. The highest BCUT2D eigenvalue weighted by molar-refractivity contribution is 7.90. The number of ketones is 2. The Hall–Kier alpha value is -10.0. The van der Waals surface area contributed by atoms with Crippen LogP contribution in [-0.4, -0.2) is 100.0 Å². The molecule has 6 atom stereocenters. The number of nitrogens with zero attached hydrogens (tertiary/aromatic N) is 12. The number of hydrogen-bond donors (Lipinski definition) is 0. The van der Waals surface area contributed by atoms with Crippen LogP contribution in [0.25, 0.3) is 55.4 Å². The van der Waals surface area contributed by atoms with Crippen molar-refractivity contribution in [3.8, 4) is 33.6 Å². The Morgan fingerprint density at radius 2 is 0.922 bits per heavy atom.